The van der Waals surface area contributed by atoms with E-state index < -0.39 is 5.82 Å². The van der Waals surface area contributed by atoms with E-state index in [1.54, 1.807) is 13.1 Å². The van der Waals surface area contributed by atoms with Gasteiger partial charge in [0.2, 0.25) is 0 Å². The van der Waals surface area contributed by atoms with Crippen LogP contribution in [0.15, 0.2) is 12.3 Å². The van der Waals surface area contributed by atoms with Crippen molar-refractivity contribution in [1.82, 2.24) is 15.0 Å². The van der Waals surface area contributed by atoms with E-state index >= 15 is 0 Å². The average Bonchev–Trinajstić information content (AvgIpc) is 2.40. The number of halogens is 1. The molecule has 0 unspecified atom stereocenters. The summed E-state index contributed by atoms with van der Waals surface area (Å²) in [6.45, 7) is 8.27. The van der Waals surface area contributed by atoms with Gasteiger partial charge in [0, 0.05) is 12.7 Å². The Morgan fingerprint density at radius 1 is 1.20 bits per heavy atom. The largest absolute Gasteiger partial charge is 0.368 e. The lowest BCUT2D eigenvalue weighted by molar-refractivity contribution is 0.605. The second kappa shape index (κ2) is 5.94. The van der Waals surface area contributed by atoms with Crippen LogP contribution >= 0.6 is 0 Å². The van der Waals surface area contributed by atoms with Crippen LogP contribution < -0.4 is 5.32 Å². The van der Waals surface area contributed by atoms with E-state index in [9.17, 15) is 4.39 Å². The fourth-order valence-electron chi connectivity index (χ4n) is 1.98. The van der Waals surface area contributed by atoms with Crippen molar-refractivity contribution >= 4 is 5.82 Å². The summed E-state index contributed by atoms with van der Waals surface area (Å²) in [5.41, 5.74) is 3.08. The van der Waals surface area contributed by atoms with Crippen LogP contribution in [-0.4, -0.2) is 21.5 Å². The minimum atomic E-state index is -0.396. The SMILES string of the molecule is CCCNc1nc(-c2ncc(C)cc2C)nc(C)c1F. The van der Waals surface area contributed by atoms with Gasteiger partial charge in [-0.15, -0.1) is 0 Å². The Bertz CT molecular complexity index is 626. The average molecular weight is 274 g/mol. The summed E-state index contributed by atoms with van der Waals surface area (Å²) in [5.74, 6) is 0.308. The van der Waals surface area contributed by atoms with Crippen molar-refractivity contribution in [2.45, 2.75) is 34.1 Å². The molecule has 1 N–H and O–H groups in total. The van der Waals surface area contributed by atoms with Gasteiger partial charge in [-0.25, -0.2) is 14.4 Å². The molecule has 5 heteroatoms. The Labute approximate surface area is 118 Å². The van der Waals surface area contributed by atoms with E-state index in [0.29, 0.717) is 23.8 Å². The molecular formula is C15H19FN4. The van der Waals surface area contributed by atoms with Gasteiger partial charge in [0.1, 0.15) is 5.69 Å². The Morgan fingerprint density at radius 2 is 1.95 bits per heavy atom. The number of anilines is 1. The van der Waals surface area contributed by atoms with Crippen LogP contribution in [-0.2, 0) is 0 Å². The number of aryl methyl sites for hydroxylation is 3. The molecule has 0 atom stereocenters. The summed E-state index contributed by atoms with van der Waals surface area (Å²) in [5, 5.41) is 2.99. The summed E-state index contributed by atoms with van der Waals surface area (Å²) in [6, 6.07) is 2.02. The minimum Gasteiger partial charge on any atom is -0.368 e. The highest BCUT2D eigenvalue weighted by molar-refractivity contribution is 5.57. The van der Waals surface area contributed by atoms with Crippen LogP contribution in [0.25, 0.3) is 11.5 Å². The zero-order chi connectivity index (χ0) is 14.7. The van der Waals surface area contributed by atoms with Crippen molar-refractivity contribution in [2.24, 2.45) is 0 Å². The number of hydrogen-bond acceptors (Lipinski definition) is 4. The molecule has 2 aromatic heterocycles. The predicted molar refractivity (Wildman–Crippen MR) is 78.2 cm³/mol. The van der Waals surface area contributed by atoms with Crippen molar-refractivity contribution in [1.29, 1.82) is 0 Å². The fraction of sp³-hybridized carbons (Fsp3) is 0.400. The molecule has 0 amide bonds. The second-order valence-corrected chi connectivity index (χ2v) is 4.90. The lowest BCUT2D eigenvalue weighted by atomic mass is 10.1. The Hall–Kier alpha value is -2.04. The van der Waals surface area contributed by atoms with Crippen molar-refractivity contribution in [3.63, 3.8) is 0 Å². The molecule has 0 fully saturated rings. The highest BCUT2D eigenvalue weighted by Crippen LogP contribution is 2.22. The maximum absolute atomic E-state index is 14.0. The third-order valence-electron chi connectivity index (χ3n) is 2.99. The van der Waals surface area contributed by atoms with Crippen molar-refractivity contribution in [3.05, 3.63) is 34.9 Å². The monoisotopic (exact) mass is 274 g/mol. The van der Waals surface area contributed by atoms with Crippen LogP contribution in [0, 0.1) is 26.6 Å². The summed E-state index contributed by atoms with van der Waals surface area (Å²) in [6.07, 6.45) is 2.67. The van der Waals surface area contributed by atoms with Gasteiger partial charge in [0.05, 0.1) is 5.69 Å². The van der Waals surface area contributed by atoms with Crippen LogP contribution in [0.4, 0.5) is 10.2 Å². The normalized spacial score (nSPS) is 10.7. The fourth-order valence-corrected chi connectivity index (χ4v) is 1.98. The molecule has 0 saturated heterocycles. The number of hydrogen-bond donors (Lipinski definition) is 1. The van der Waals surface area contributed by atoms with E-state index in [0.717, 1.165) is 17.5 Å². The number of nitrogens with one attached hydrogen (secondary N) is 1. The number of rotatable bonds is 4. The van der Waals surface area contributed by atoms with Crippen molar-refractivity contribution in [2.75, 3.05) is 11.9 Å². The van der Waals surface area contributed by atoms with Crippen LogP contribution in [0.3, 0.4) is 0 Å². The van der Waals surface area contributed by atoms with Gasteiger partial charge in [-0.05, 0) is 38.3 Å². The number of aromatic nitrogens is 3. The lowest BCUT2D eigenvalue weighted by Gasteiger charge is -2.10. The van der Waals surface area contributed by atoms with E-state index in [2.05, 4.69) is 20.3 Å². The molecule has 0 aliphatic rings. The third kappa shape index (κ3) is 2.92. The number of pyridine rings is 1. The van der Waals surface area contributed by atoms with Gasteiger partial charge in [-0.1, -0.05) is 13.0 Å². The third-order valence-corrected chi connectivity index (χ3v) is 2.99. The highest BCUT2D eigenvalue weighted by Gasteiger charge is 2.14. The van der Waals surface area contributed by atoms with Gasteiger partial charge in [0.15, 0.2) is 17.5 Å². The molecule has 0 aromatic carbocycles. The predicted octanol–water partition coefficient (Wildman–Crippen LogP) is 3.42. The quantitative estimate of drug-likeness (QED) is 0.928. The molecule has 20 heavy (non-hydrogen) atoms. The molecule has 0 aliphatic heterocycles. The maximum Gasteiger partial charge on any atom is 0.186 e. The smallest absolute Gasteiger partial charge is 0.186 e. The Morgan fingerprint density at radius 3 is 2.60 bits per heavy atom. The first-order valence-corrected chi connectivity index (χ1v) is 6.74. The van der Waals surface area contributed by atoms with Crippen molar-refractivity contribution < 1.29 is 4.39 Å². The minimum absolute atomic E-state index is 0.246. The summed E-state index contributed by atoms with van der Waals surface area (Å²) < 4.78 is 14.0. The van der Waals surface area contributed by atoms with E-state index in [-0.39, 0.29) is 5.82 Å². The summed E-state index contributed by atoms with van der Waals surface area (Å²) in [7, 11) is 0. The van der Waals surface area contributed by atoms with Crippen molar-refractivity contribution in [3.8, 4) is 11.5 Å². The van der Waals surface area contributed by atoms with Gasteiger partial charge >= 0.3 is 0 Å². The first kappa shape index (κ1) is 14.4. The maximum atomic E-state index is 14.0. The first-order valence-electron chi connectivity index (χ1n) is 6.74. The van der Waals surface area contributed by atoms with Gasteiger partial charge in [-0.3, -0.25) is 4.98 Å². The van der Waals surface area contributed by atoms with Gasteiger partial charge in [-0.2, -0.15) is 0 Å². The van der Waals surface area contributed by atoms with E-state index in [4.69, 9.17) is 0 Å². The summed E-state index contributed by atoms with van der Waals surface area (Å²) >= 11 is 0. The molecule has 2 heterocycles. The standard InChI is InChI=1S/C15H19FN4/c1-5-6-17-14-12(16)11(4)19-15(20-14)13-10(3)7-9(2)8-18-13/h7-8H,5-6H2,1-4H3,(H,17,19,20). The van der Waals surface area contributed by atoms with E-state index in [1.165, 1.54) is 0 Å². The molecule has 0 saturated carbocycles. The molecule has 0 aliphatic carbocycles. The molecule has 0 bridgehead atoms. The topological polar surface area (TPSA) is 50.7 Å². The second-order valence-electron chi connectivity index (χ2n) is 4.90. The van der Waals surface area contributed by atoms with Crippen LogP contribution in [0.2, 0.25) is 0 Å². The Balaban J connectivity index is 2.48. The zero-order valence-corrected chi connectivity index (χ0v) is 12.3. The molecule has 4 nitrogen and oxygen atoms in total. The first-order chi connectivity index (χ1) is 9.52. The molecule has 106 valence electrons. The van der Waals surface area contributed by atoms with Crippen LogP contribution in [0.5, 0.6) is 0 Å². The molecule has 2 rings (SSSR count). The number of nitrogens with zero attached hydrogens (tertiary/aromatic N) is 3. The van der Waals surface area contributed by atoms with Crippen LogP contribution in [0.1, 0.15) is 30.2 Å². The molecule has 0 radical (unpaired) electrons. The Kier molecular flexibility index (Phi) is 4.27. The molecular weight excluding hydrogens is 255 g/mol. The van der Waals surface area contributed by atoms with Gasteiger partial charge < -0.3 is 5.32 Å². The molecule has 2 aromatic rings. The highest BCUT2D eigenvalue weighted by atomic mass is 19.1. The summed E-state index contributed by atoms with van der Waals surface area (Å²) in [4.78, 5) is 12.9. The van der Waals surface area contributed by atoms with Gasteiger partial charge in [0.25, 0.3) is 0 Å². The molecule has 0 spiro atoms. The lowest BCUT2D eigenvalue weighted by Crippen LogP contribution is -2.09. The van der Waals surface area contributed by atoms with E-state index in [1.807, 2.05) is 26.8 Å². The zero-order valence-electron chi connectivity index (χ0n) is 12.3.